The molecule has 0 aliphatic heterocycles. The molecule has 0 aliphatic carbocycles. The summed E-state index contributed by atoms with van der Waals surface area (Å²) >= 11 is 0. The summed E-state index contributed by atoms with van der Waals surface area (Å²) in [6.07, 6.45) is -0.532. The minimum atomic E-state index is -1.07. The Morgan fingerprint density at radius 2 is 1.66 bits per heavy atom. The fourth-order valence-corrected chi connectivity index (χ4v) is 2.43. The van der Waals surface area contributed by atoms with E-state index in [0.717, 1.165) is 5.56 Å². The van der Waals surface area contributed by atoms with Crippen molar-refractivity contribution in [3.8, 4) is 23.0 Å². The van der Waals surface area contributed by atoms with Crippen LogP contribution >= 0.6 is 0 Å². The number of carbonyl (C=O) groups is 2. The molecule has 0 radical (unpaired) electrons. The lowest BCUT2D eigenvalue weighted by Gasteiger charge is -2.20. The predicted molar refractivity (Wildman–Crippen MR) is 106 cm³/mol. The maximum Gasteiger partial charge on any atom is 0.407 e. The van der Waals surface area contributed by atoms with Gasteiger partial charge in [0.1, 0.15) is 17.1 Å². The van der Waals surface area contributed by atoms with Gasteiger partial charge in [-0.1, -0.05) is 0 Å². The van der Waals surface area contributed by atoms with Gasteiger partial charge in [-0.3, -0.25) is 0 Å². The number of rotatable bonds is 7. The van der Waals surface area contributed by atoms with E-state index in [0.29, 0.717) is 17.2 Å². The molecule has 0 spiro atoms. The summed E-state index contributed by atoms with van der Waals surface area (Å²) in [6.45, 7) is 5.56. The Balaban J connectivity index is 2.17. The zero-order chi connectivity index (χ0) is 21.6. The molecule has 0 fully saturated rings. The number of nitrogens with one attached hydrogen (secondary N) is 1. The number of ether oxygens (including phenoxy) is 4. The van der Waals surface area contributed by atoms with Crippen LogP contribution in [-0.4, -0.2) is 37.0 Å². The van der Waals surface area contributed by atoms with Gasteiger partial charge in [-0.15, -0.1) is 0 Å². The largest absolute Gasteiger partial charge is 0.496 e. The summed E-state index contributed by atoms with van der Waals surface area (Å²) in [4.78, 5) is 23.0. The highest BCUT2D eigenvalue weighted by molar-refractivity contribution is 5.88. The summed E-state index contributed by atoms with van der Waals surface area (Å²) in [5.41, 5.74) is 0.206. The molecule has 0 saturated heterocycles. The first-order valence-electron chi connectivity index (χ1n) is 8.86. The molecule has 2 aromatic carbocycles. The van der Waals surface area contributed by atoms with Crippen LogP contribution in [0.1, 0.15) is 36.7 Å². The number of carbonyl (C=O) groups excluding carboxylic acids is 1. The highest BCUT2D eigenvalue weighted by Crippen LogP contribution is 2.34. The van der Waals surface area contributed by atoms with Crippen LogP contribution < -0.4 is 19.5 Å². The molecular weight excluding hydrogens is 378 g/mol. The molecule has 0 unspecified atom stereocenters. The van der Waals surface area contributed by atoms with Crippen LogP contribution in [0.15, 0.2) is 36.4 Å². The van der Waals surface area contributed by atoms with Gasteiger partial charge in [0, 0.05) is 18.2 Å². The van der Waals surface area contributed by atoms with E-state index in [9.17, 15) is 14.7 Å². The van der Waals surface area contributed by atoms with Crippen LogP contribution in [0.2, 0.25) is 0 Å². The summed E-state index contributed by atoms with van der Waals surface area (Å²) in [5.74, 6) is 0.494. The summed E-state index contributed by atoms with van der Waals surface area (Å²) < 4.78 is 21.6. The second kappa shape index (κ2) is 9.18. The number of carboxylic acids is 1. The molecule has 29 heavy (non-hydrogen) atoms. The molecule has 0 bridgehead atoms. The van der Waals surface area contributed by atoms with Crippen molar-refractivity contribution >= 4 is 12.1 Å². The Morgan fingerprint density at radius 1 is 0.966 bits per heavy atom. The second-order valence-electron chi connectivity index (χ2n) is 7.10. The van der Waals surface area contributed by atoms with Crippen molar-refractivity contribution in [2.45, 2.75) is 32.9 Å². The molecule has 2 aromatic rings. The average Bonchev–Trinajstić information content (AvgIpc) is 2.65. The van der Waals surface area contributed by atoms with Crippen molar-refractivity contribution in [3.05, 3.63) is 47.5 Å². The monoisotopic (exact) mass is 403 g/mol. The first kappa shape index (κ1) is 21.9. The van der Waals surface area contributed by atoms with Gasteiger partial charge in [0.15, 0.2) is 11.5 Å². The van der Waals surface area contributed by atoms with Crippen molar-refractivity contribution in [2.75, 3.05) is 14.2 Å². The summed E-state index contributed by atoms with van der Waals surface area (Å²) in [7, 11) is 2.97. The smallest absolute Gasteiger partial charge is 0.407 e. The fraction of sp³-hybridized carbons (Fsp3) is 0.333. The third-order valence-electron chi connectivity index (χ3n) is 3.72. The lowest BCUT2D eigenvalue weighted by molar-refractivity contribution is 0.0522. The molecular formula is C21H25NO7. The van der Waals surface area contributed by atoms with Crippen molar-refractivity contribution in [1.29, 1.82) is 0 Å². The van der Waals surface area contributed by atoms with E-state index in [-0.39, 0.29) is 17.9 Å². The minimum Gasteiger partial charge on any atom is -0.496 e. The van der Waals surface area contributed by atoms with Crippen molar-refractivity contribution in [3.63, 3.8) is 0 Å². The van der Waals surface area contributed by atoms with Gasteiger partial charge in [-0.05, 0) is 51.1 Å². The zero-order valence-corrected chi connectivity index (χ0v) is 17.1. The van der Waals surface area contributed by atoms with Gasteiger partial charge < -0.3 is 29.4 Å². The van der Waals surface area contributed by atoms with Gasteiger partial charge in [-0.25, -0.2) is 9.59 Å². The van der Waals surface area contributed by atoms with E-state index in [4.69, 9.17) is 18.9 Å². The van der Waals surface area contributed by atoms with Crippen LogP contribution in [0.4, 0.5) is 4.79 Å². The van der Waals surface area contributed by atoms with Gasteiger partial charge in [0.2, 0.25) is 0 Å². The Labute approximate surface area is 169 Å². The maximum atomic E-state index is 11.8. The molecule has 156 valence electrons. The Kier molecular flexibility index (Phi) is 6.93. The van der Waals surface area contributed by atoms with Gasteiger partial charge >= 0.3 is 12.1 Å². The third-order valence-corrected chi connectivity index (χ3v) is 3.72. The van der Waals surface area contributed by atoms with Gasteiger partial charge in [0.25, 0.3) is 0 Å². The molecule has 0 atom stereocenters. The van der Waals surface area contributed by atoms with Gasteiger partial charge in [-0.2, -0.15) is 0 Å². The molecule has 2 rings (SSSR count). The normalized spacial score (nSPS) is 10.8. The topological polar surface area (TPSA) is 103 Å². The van der Waals surface area contributed by atoms with Crippen molar-refractivity contribution < 1.29 is 33.6 Å². The maximum absolute atomic E-state index is 11.8. The Hall–Kier alpha value is -3.42. The average molecular weight is 403 g/mol. The van der Waals surface area contributed by atoms with E-state index in [1.165, 1.54) is 32.4 Å². The number of methoxy groups -OCH3 is 2. The molecule has 8 heteroatoms. The first-order chi connectivity index (χ1) is 13.6. The summed E-state index contributed by atoms with van der Waals surface area (Å²) in [5, 5.41) is 11.8. The SMILES string of the molecule is COc1cc(Oc2cc(C(=O)O)ccc2OC)ccc1CNC(=O)OC(C)(C)C. The highest BCUT2D eigenvalue weighted by atomic mass is 16.6. The van der Waals surface area contributed by atoms with Crippen LogP contribution in [0.5, 0.6) is 23.0 Å². The number of hydrogen-bond donors (Lipinski definition) is 2. The number of aromatic carboxylic acids is 1. The highest BCUT2D eigenvalue weighted by Gasteiger charge is 2.17. The second-order valence-corrected chi connectivity index (χ2v) is 7.10. The van der Waals surface area contributed by atoms with Crippen LogP contribution in [0.25, 0.3) is 0 Å². The van der Waals surface area contributed by atoms with E-state index in [1.807, 2.05) is 0 Å². The van der Waals surface area contributed by atoms with Crippen LogP contribution in [0, 0.1) is 0 Å². The number of benzene rings is 2. The molecule has 0 saturated carbocycles. The third kappa shape index (κ3) is 6.31. The quantitative estimate of drug-likeness (QED) is 0.713. The van der Waals surface area contributed by atoms with Crippen LogP contribution in [0.3, 0.4) is 0 Å². The minimum absolute atomic E-state index is 0.0749. The van der Waals surface area contributed by atoms with E-state index < -0.39 is 17.7 Å². The van der Waals surface area contributed by atoms with Gasteiger partial charge in [0.05, 0.1) is 19.8 Å². The van der Waals surface area contributed by atoms with E-state index in [2.05, 4.69) is 5.32 Å². The van der Waals surface area contributed by atoms with E-state index >= 15 is 0 Å². The molecule has 8 nitrogen and oxygen atoms in total. The number of carboxylic acid groups (broad SMARTS) is 1. The molecule has 0 aromatic heterocycles. The lowest BCUT2D eigenvalue weighted by atomic mass is 10.1. The molecule has 0 heterocycles. The zero-order valence-electron chi connectivity index (χ0n) is 17.1. The fourth-order valence-electron chi connectivity index (χ4n) is 2.43. The van der Waals surface area contributed by atoms with E-state index in [1.54, 1.807) is 39.0 Å². The Morgan fingerprint density at radius 3 is 2.24 bits per heavy atom. The number of hydrogen-bond acceptors (Lipinski definition) is 6. The number of alkyl carbamates (subject to hydrolysis) is 1. The first-order valence-corrected chi connectivity index (χ1v) is 8.86. The van der Waals surface area contributed by atoms with Crippen LogP contribution in [-0.2, 0) is 11.3 Å². The predicted octanol–water partition coefficient (Wildman–Crippen LogP) is 4.22. The van der Waals surface area contributed by atoms with Crippen molar-refractivity contribution in [2.24, 2.45) is 0 Å². The standard InChI is InChI=1S/C21H25NO7/c1-21(2,3)29-20(25)22-12-14-6-8-15(11-17(14)27-5)28-18-10-13(19(23)24)7-9-16(18)26-4/h6-11H,12H2,1-5H3,(H,22,25)(H,23,24). The lowest BCUT2D eigenvalue weighted by Crippen LogP contribution is -2.32. The molecule has 1 amide bonds. The van der Waals surface area contributed by atoms with Crippen molar-refractivity contribution in [1.82, 2.24) is 5.32 Å². The molecule has 0 aliphatic rings. The summed E-state index contributed by atoms with van der Waals surface area (Å²) in [6, 6.07) is 9.39. The number of amides is 1. The molecule has 2 N–H and O–H groups in total. The Bertz CT molecular complexity index is 887.